The highest BCUT2D eigenvalue weighted by molar-refractivity contribution is 7.98. The highest BCUT2D eigenvalue weighted by Gasteiger charge is 2.05. The SMILES string of the molecule is CSCCN(C)c1ncc(C=O)s1. The van der Waals surface area contributed by atoms with Gasteiger partial charge in [0.25, 0.3) is 0 Å². The van der Waals surface area contributed by atoms with Gasteiger partial charge in [-0.1, -0.05) is 11.3 Å². The van der Waals surface area contributed by atoms with Gasteiger partial charge in [0.05, 0.1) is 11.1 Å². The number of aldehydes is 1. The number of hydrogen-bond acceptors (Lipinski definition) is 5. The van der Waals surface area contributed by atoms with Crippen LogP contribution in [0.2, 0.25) is 0 Å². The van der Waals surface area contributed by atoms with E-state index < -0.39 is 0 Å². The first-order valence-corrected chi connectivity index (χ1v) is 6.10. The van der Waals surface area contributed by atoms with Crippen molar-refractivity contribution in [3.63, 3.8) is 0 Å². The quantitative estimate of drug-likeness (QED) is 0.702. The van der Waals surface area contributed by atoms with Crippen molar-refractivity contribution in [1.82, 2.24) is 4.98 Å². The van der Waals surface area contributed by atoms with Gasteiger partial charge in [-0.25, -0.2) is 4.98 Å². The van der Waals surface area contributed by atoms with E-state index in [2.05, 4.69) is 16.1 Å². The van der Waals surface area contributed by atoms with Gasteiger partial charge in [-0.05, 0) is 6.26 Å². The van der Waals surface area contributed by atoms with E-state index in [1.54, 1.807) is 18.0 Å². The Bertz CT molecular complexity index is 275. The predicted octanol–water partition coefficient (Wildman–Crippen LogP) is 1.75. The van der Waals surface area contributed by atoms with Crippen LogP contribution in [-0.4, -0.2) is 36.9 Å². The Hall–Kier alpha value is -0.550. The lowest BCUT2D eigenvalue weighted by Crippen LogP contribution is -2.19. The van der Waals surface area contributed by atoms with Crippen LogP contribution in [0.25, 0.3) is 0 Å². The molecular weight excluding hydrogens is 204 g/mol. The average molecular weight is 216 g/mol. The molecule has 13 heavy (non-hydrogen) atoms. The number of thiazole rings is 1. The van der Waals surface area contributed by atoms with E-state index >= 15 is 0 Å². The molecule has 0 fully saturated rings. The number of aromatic nitrogens is 1. The minimum absolute atomic E-state index is 0.686. The van der Waals surface area contributed by atoms with Crippen LogP contribution in [0.15, 0.2) is 6.20 Å². The van der Waals surface area contributed by atoms with Crippen molar-refractivity contribution in [1.29, 1.82) is 0 Å². The molecule has 0 bridgehead atoms. The number of thioether (sulfide) groups is 1. The second-order valence-electron chi connectivity index (χ2n) is 2.58. The second kappa shape index (κ2) is 5.24. The summed E-state index contributed by atoms with van der Waals surface area (Å²) in [5.74, 6) is 1.08. The highest BCUT2D eigenvalue weighted by Crippen LogP contribution is 2.19. The molecule has 0 aliphatic rings. The first-order chi connectivity index (χ1) is 6.27. The maximum atomic E-state index is 10.4. The third-order valence-corrected chi connectivity index (χ3v) is 3.21. The number of hydrogen-bond donors (Lipinski definition) is 0. The molecule has 0 amide bonds. The minimum Gasteiger partial charge on any atom is -0.350 e. The van der Waals surface area contributed by atoms with Gasteiger partial charge < -0.3 is 4.90 Å². The number of carbonyl (C=O) groups excluding carboxylic acids is 1. The first-order valence-electron chi connectivity index (χ1n) is 3.89. The number of carbonyl (C=O) groups is 1. The standard InChI is InChI=1S/C8H12N2OS2/c1-10(3-4-12-2)8-9-5-7(6-11)13-8/h5-6H,3-4H2,1-2H3. The lowest BCUT2D eigenvalue weighted by atomic mass is 10.6. The maximum absolute atomic E-state index is 10.4. The number of anilines is 1. The van der Waals surface area contributed by atoms with Crippen LogP contribution in [0.3, 0.4) is 0 Å². The molecule has 5 heteroatoms. The van der Waals surface area contributed by atoms with Crippen LogP contribution in [0.1, 0.15) is 9.67 Å². The molecule has 1 rings (SSSR count). The zero-order chi connectivity index (χ0) is 9.68. The molecule has 0 N–H and O–H groups in total. The Labute approximate surface area is 86.2 Å². The molecule has 72 valence electrons. The predicted molar refractivity (Wildman–Crippen MR) is 59.2 cm³/mol. The van der Waals surface area contributed by atoms with E-state index in [0.717, 1.165) is 23.7 Å². The van der Waals surface area contributed by atoms with Crippen LogP contribution < -0.4 is 4.90 Å². The monoisotopic (exact) mass is 216 g/mol. The van der Waals surface area contributed by atoms with Gasteiger partial charge in [0.15, 0.2) is 11.4 Å². The van der Waals surface area contributed by atoms with Crippen molar-refractivity contribution in [3.05, 3.63) is 11.1 Å². The van der Waals surface area contributed by atoms with E-state index in [9.17, 15) is 4.79 Å². The van der Waals surface area contributed by atoms with E-state index in [1.807, 2.05) is 7.05 Å². The van der Waals surface area contributed by atoms with Crippen LogP contribution in [0.4, 0.5) is 5.13 Å². The van der Waals surface area contributed by atoms with E-state index in [4.69, 9.17) is 0 Å². The third kappa shape index (κ3) is 3.00. The number of rotatable bonds is 5. The van der Waals surface area contributed by atoms with Crippen LogP contribution in [-0.2, 0) is 0 Å². The lowest BCUT2D eigenvalue weighted by Gasteiger charge is -2.13. The van der Waals surface area contributed by atoms with E-state index in [1.165, 1.54) is 11.3 Å². The van der Waals surface area contributed by atoms with E-state index in [0.29, 0.717) is 4.88 Å². The molecule has 0 aliphatic heterocycles. The molecule has 0 saturated carbocycles. The number of nitrogens with zero attached hydrogens (tertiary/aromatic N) is 2. The fourth-order valence-electron chi connectivity index (χ4n) is 0.832. The molecule has 1 aromatic rings. The fraction of sp³-hybridized carbons (Fsp3) is 0.500. The molecule has 0 saturated heterocycles. The normalized spacial score (nSPS) is 10.0. The summed E-state index contributed by atoms with van der Waals surface area (Å²) >= 11 is 3.23. The Balaban J connectivity index is 2.54. The van der Waals surface area contributed by atoms with Crippen molar-refractivity contribution in [2.45, 2.75) is 0 Å². The van der Waals surface area contributed by atoms with Crippen LogP contribution in [0.5, 0.6) is 0 Å². The van der Waals surface area contributed by atoms with Crippen LogP contribution >= 0.6 is 23.1 Å². The molecule has 0 radical (unpaired) electrons. The molecule has 0 spiro atoms. The summed E-state index contributed by atoms with van der Waals surface area (Å²) < 4.78 is 0. The fourth-order valence-corrected chi connectivity index (χ4v) is 2.01. The van der Waals surface area contributed by atoms with Gasteiger partial charge in [0.1, 0.15) is 0 Å². The Morgan fingerprint density at radius 2 is 2.54 bits per heavy atom. The van der Waals surface area contributed by atoms with Crippen molar-refractivity contribution >= 4 is 34.5 Å². The van der Waals surface area contributed by atoms with Gasteiger partial charge in [-0.3, -0.25) is 4.79 Å². The summed E-state index contributed by atoms with van der Waals surface area (Å²) in [4.78, 5) is 17.3. The maximum Gasteiger partial charge on any atom is 0.185 e. The van der Waals surface area contributed by atoms with E-state index in [-0.39, 0.29) is 0 Å². The Morgan fingerprint density at radius 3 is 3.08 bits per heavy atom. The summed E-state index contributed by atoms with van der Waals surface area (Å²) in [6.45, 7) is 0.965. The van der Waals surface area contributed by atoms with Gasteiger partial charge in [0, 0.05) is 19.3 Å². The summed E-state index contributed by atoms with van der Waals surface area (Å²) in [6, 6.07) is 0. The third-order valence-electron chi connectivity index (χ3n) is 1.58. The summed E-state index contributed by atoms with van der Waals surface area (Å²) in [5, 5.41) is 0.913. The Kier molecular flexibility index (Phi) is 4.24. The largest absolute Gasteiger partial charge is 0.350 e. The second-order valence-corrected chi connectivity index (χ2v) is 4.60. The zero-order valence-corrected chi connectivity index (χ0v) is 9.32. The summed E-state index contributed by atoms with van der Waals surface area (Å²) in [6.07, 6.45) is 4.53. The van der Waals surface area contributed by atoms with Gasteiger partial charge >= 0.3 is 0 Å². The van der Waals surface area contributed by atoms with Crippen molar-refractivity contribution in [2.75, 3.05) is 30.5 Å². The van der Waals surface area contributed by atoms with Crippen molar-refractivity contribution < 1.29 is 4.79 Å². The Morgan fingerprint density at radius 1 is 1.77 bits per heavy atom. The smallest absolute Gasteiger partial charge is 0.185 e. The molecule has 1 aromatic heterocycles. The van der Waals surface area contributed by atoms with Gasteiger partial charge in [-0.2, -0.15) is 11.8 Å². The molecule has 1 heterocycles. The van der Waals surface area contributed by atoms with Gasteiger partial charge in [0.2, 0.25) is 0 Å². The lowest BCUT2D eigenvalue weighted by molar-refractivity contribution is 0.112. The molecule has 0 unspecified atom stereocenters. The zero-order valence-electron chi connectivity index (χ0n) is 7.69. The molecule has 0 atom stereocenters. The first kappa shape index (κ1) is 10.5. The molecular formula is C8H12N2OS2. The van der Waals surface area contributed by atoms with Crippen LogP contribution in [0, 0.1) is 0 Å². The highest BCUT2D eigenvalue weighted by atomic mass is 32.2. The minimum atomic E-state index is 0.686. The molecule has 0 aliphatic carbocycles. The average Bonchev–Trinajstić information content (AvgIpc) is 2.62. The topological polar surface area (TPSA) is 33.2 Å². The van der Waals surface area contributed by atoms with Crippen molar-refractivity contribution in [3.8, 4) is 0 Å². The molecule has 3 nitrogen and oxygen atoms in total. The summed E-state index contributed by atoms with van der Waals surface area (Å²) in [7, 11) is 1.99. The van der Waals surface area contributed by atoms with Gasteiger partial charge in [-0.15, -0.1) is 0 Å². The van der Waals surface area contributed by atoms with Crippen molar-refractivity contribution in [2.24, 2.45) is 0 Å². The molecule has 0 aromatic carbocycles. The summed E-state index contributed by atoms with van der Waals surface area (Å²) in [5.41, 5.74) is 0.